The minimum atomic E-state index is -1.62. The summed E-state index contributed by atoms with van der Waals surface area (Å²) in [5.74, 6) is 0.604. The van der Waals surface area contributed by atoms with E-state index >= 15 is 0 Å². The van der Waals surface area contributed by atoms with Crippen LogP contribution < -0.4 is 0 Å². The second-order valence-corrected chi connectivity index (χ2v) is 9.30. The topological polar surface area (TPSA) is 38.7 Å². The van der Waals surface area contributed by atoms with E-state index in [0.717, 1.165) is 19.3 Å². The molecule has 20 heavy (non-hydrogen) atoms. The highest BCUT2D eigenvalue weighted by Crippen LogP contribution is 2.59. The van der Waals surface area contributed by atoms with E-state index in [9.17, 15) is 4.89 Å². The van der Waals surface area contributed by atoms with E-state index in [2.05, 4.69) is 55.4 Å². The Morgan fingerprint density at radius 2 is 1.55 bits per heavy atom. The van der Waals surface area contributed by atoms with Gasteiger partial charge in [-0.05, 0) is 35.5 Å². The van der Waals surface area contributed by atoms with Gasteiger partial charge < -0.3 is 4.89 Å². The van der Waals surface area contributed by atoms with Gasteiger partial charge in [-0.25, -0.2) is 0 Å². The van der Waals surface area contributed by atoms with Crippen molar-refractivity contribution in [3.05, 3.63) is 0 Å². The number of hydrogen-bond donors (Lipinski definition) is 1. The zero-order valence-electron chi connectivity index (χ0n) is 14.5. The molecule has 0 amide bonds. The fourth-order valence-electron chi connectivity index (χ4n) is 2.54. The summed E-state index contributed by atoms with van der Waals surface area (Å²) in [5.41, 5.74) is 0.524. The molecule has 1 fully saturated rings. The van der Waals surface area contributed by atoms with Crippen molar-refractivity contribution in [2.24, 2.45) is 22.7 Å². The molecular weight excluding hydrogens is 271 g/mol. The number of hydrogen-bond acceptors (Lipinski definition) is 3. The summed E-state index contributed by atoms with van der Waals surface area (Å²) in [7, 11) is -1.62. The summed E-state index contributed by atoms with van der Waals surface area (Å²) >= 11 is 0. The van der Waals surface area contributed by atoms with Crippen molar-refractivity contribution in [1.82, 2.24) is 0 Å². The lowest BCUT2D eigenvalue weighted by Crippen LogP contribution is -2.44. The molecular formula is C16H33O3P. The molecule has 120 valence electrons. The average molecular weight is 304 g/mol. The highest BCUT2D eigenvalue weighted by molar-refractivity contribution is 7.41. The van der Waals surface area contributed by atoms with Gasteiger partial charge in [0.2, 0.25) is 0 Å². The predicted octanol–water partition coefficient (Wildman–Crippen LogP) is 5.48. The maximum absolute atomic E-state index is 9.36. The first-order valence-electron chi connectivity index (χ1n) is 7.77. The molecule has 1 N–H and O–H groups in total. The van der Waals surface area contributed by atoms with Crippen LogP contribution in [0.2, 0.25) is 0 Å². The highest BCUT2D eigenvalue weighted by atomic mass is 31.2. The molecule has 4 heteroatoms. The molecule has 3 nitrogen and oxygen atoms in total. The first-order chi connectivity index (χ1) is 8.89. The lowest BCUT2D eigenvalue weighted by Gasteiger charge is -2.47. The molecule has 0 aromatic rings. The lowest BCUT2D eigenvalue weighted by atomic mass is 9.68. The molecule has 1 saturated heterocycles. The normalized spacial score (nSPS) is 30.8. The van der Waals surface area contributed by atoms with Gasteiger partial charge in [-0.15, -0.1) is 0 Å². The van der Waals surface area contributed by atoms with Gasteiger partial charge in [0, 0.05) is 6.42 Å². The quantitative estimate of drug-likeness (QED) is 0.683. The summed E-state index contributed by atoms with van der Waals surface area (Å²) in [4.78, 5) is 9.36. The third kappa shape index (κ3) is 4.66. The monoisotopic (exact) mass is 304 g/mol. The van der Waals surface area contributed by atoms with Gasteiger partial charge in [-0.3, -0.25) is 9.05 Å². The Morgan fingerprint density at radius 1 is 1.05 bits per heavy atom. The van der Waals surface area contributed by atoms with Gasteiger partial charge in [0.05, 0.1) is 0 Å². The maximum Gasteiger partial charge on any atom is 0.335 e. The van der Waals surface area contributed by atoms with Crippen molar-refractivity contribution >= 4 is 8.60 Å². The molecule has 0 aromatic carbocycles. The van der Waals surface area contributed by atoms with E-state index in [-0.39, 0.29) is 5.41 Å². The third-order valence-electron chi connectivity index (χ3n) is 4.93. The van der Waals surface area contributed by atoms with Gasteiger partial charge in [0.25, 0.3) is 0 Å². The van der Waals surface area contributed by atoms with Crippen LogP contribution in [0.3, 0.4) is 0 Å². The van der Waals surface area contributed by atoms with E-state index in [1.54, 1.807) is 0 Å². The van der Waals surface area contributed by atoms with Crippen LogP contribution in [0.25, 0.3) is 0 Å². The zero-order chi connectivity index (χ0) is 15.8. The summed E-state index contributed by atoms with van der Waals surface area (Å²) in [5, 5.41) is 0. The fraction of sp³-hybridized carbons (Fsp3) is 1.00. The van der Waals surface area contributed by atoms with Crippen LogP contribution >= 0.6 is 8.60 Å². The molecule has 1 heterocycles. The van der Waals surface area contributed by atoms with Gasteiger partial charge in [0.1, 0.15) is 0 Å². The van der Waals surface area contributed by atoms with Crippen LogP contribution in [0, 0.1) is 22.7 Å². The van der Waals surface area contributed by atoms with Gasteiger partial charge in [-0.2, -0.15) is 0 Å². The molecule has 0 aliphatic carbocycles. The molecule has 1 aliphatic heterocycles. The van der Waals surface area contributed by atoms with Crippen LogP contribution in [0.4, 0.5) is 0 Å². The predicted molar refractivity (Wildman–Crippen MR) is 85.1 cm³/mol. The average Bonchev–Trinajstić information content (AvgIpc) is 2.22. The molecule has 0 radical (unpaired) electrons. The largest absolute Gasteiger partial charge is 0.335 e. The van der Waals surface area contributed by atoms with Crippen molar-refractivity contribution in [1.29, 1.82) is 0 Å². The van der Waals surface area contributed by atoms with Crippen LogP contribution in [-0.4, -0.2) is 10.7 Å². The summed E-state index contributed by atoms with van der Waals surface area (Å²) in [6, 6.07) is 0. The fourth-order valence-corrected chi connectivity index (χ4v) is 3.53. The molecule has 2 atom stereocenters. The van der Waals surface area contributed by atoms with Crippen molar-refractivity contribution in [3.63, 3.8) is 0 Å². The minimum absolute atomic E-state index is 0.211. The minimum Gasteiger partial charge on any atom is -0.328 e. The van der Waals surface area contributed by atoms with Crippen molar-refractivity contribution in [2.45, 2.75) is 80.4 Å². The van der Waals surface area contributed by atoms with Crippen molar-refractivity contribution in [3.8, 4) is 0 Å². The maximum atomic E-state index is 9.36. The van der Waals surface area contributed by atoms with Crippen LogP contribution in [0.1, 0.15) is 74.7 Å². The Labute approximate surface area is 126 Å². The van der Waals surface area contributed by atoms with Crippen LogP contribution in [0.15, 0.2) is 0 Å². The van der Waals surface area contributed by atoms with Gasteiger partial charge in [-0.1, -0.05) is 55.4 Å². The molecule has 0 bridgehead atoms. The Bertz CT molecular complexity index is 311. The van der Waals surface area contributed by atoms with E-state index in [1.807, 2.05) is 0 Å². The first-order valence-corrected chi connectivity index (χ1v) is 8.90. The van der Waals surface area contributed by atoms with E-state index in [1.165, 1.54) is 0 Å². The molecule has 2 unspecified atom stereocenters. The van der Waals surface area contributed by atoms with Crippen LogP contribution in [0.5, 0.6) is 0 Å². The smallest absolute Gasteiger partial charge is 0.328 e. The highest BCUT2D eigenvalue weighted by Gasteiger charge is 2.49. The second-order valence-electron chi connectivity index (χ2n) is 8.45. The molecule has 0 spiro atoms. The van der Waals surface area contributed by atoms with Crippen molar-refractivity contribution in [2.75, 3.05) is 0 Å². The van der Waals surface area contributed by atoms with Gasteiger partial charge in [0.15, 0.2) is 5.79 Å². The Kier molecular flexibility index (Phi) is 5.69. The second kappa shape index (κ2) is 6.20. The van der Waals surface area contributed by atoms with Crippen LogP contribution in [-0.2, 0) is 9.05 Å². The Morgan fingerprint density at radius 3 is 1.85 bits per heavy atom. The van der Waals surface area contributed by atoms with E-state index in [4.69, 9.17) is 9.05 Å². The van der Waals surface area contributed by atoms with Crippen molar-refractivity contribution < 1.29 is 13.9 Å². The standard InChI is InChI=1S/C16H33O3P/c1-9-16(18-20(17)19-16)11-13(15(6,7)8)10-12(2)14(3,4)5/h12-13,17H,9-11H2,1-8H3. The number of rotatable bonds is 5. The molecule has 1 rings (SSSR count). The Hall–Kier alpha value is 0.310. The molecule has 1 aliphatic rings. The molecule has 0 saturated carbocycles. The Balaban J connectivity index is 2.76. The first kappa shape index (κ1) is 18.4. The SMILES string of the molecule is CCC1(CC(CC(C)C(C)(C)C)C(C)(C)C)OP(O)O1. The third-order valence-corrected chi connectivity index (χ3v) is 5.90. The zero-order valence-corrected chi connectivity index (χ0v) is 15.4. The lowest BCUT2D eigenvalue weighted by molar-refractivity contribution is -0.217. The van der Waals surface area contributed by atoms with E-state index in [0.29, 0.717) is 17.3 Å². The summed E-state index contributed by atoms with van der Waals surface area (Å²) in [6.45, 7) is 18.2. The molecule has 0 aromatic heterocycles. The van der Waals surface area contributed by atoms with E-state index < -0.39 is 14.4 Å². The summed E-state index contributed by atoms with van der Waals surface area (Å²) in [6.07, 6.45) is 2.82. The van der Waals surface area contributed by atoms with Gasteiger partial charge >= 0.3 is 8.60 Å². The summed E-state index contributed by atoms with van der Waals surface area (Å²) < 4.78 is 11.1.